The van der Waals surface area contributed by atoms with Crippen LogP contribution in [0.25, 0.3) is 0 Å². The van der Waals surface area contributed by atoms with Gasteiger partial charge in [-0.1, -0.05) is 60.7 Å². The molecule has 0 aliphatic carbocycles. The molecule has 0 saturated carbocycles. The second kappa shape index (κ2) is 8.33. The van der Waals surface area contributed by atoms with E-state index in [-0.39, 0.29) is 11.3 Å². The second-order valence-corrected chi connectivity index (χ2v) is 9.59. The monoisotopic (exact) mass is 372 g/mol. The highest BCUT2D eigenvalue weighted by atomic mass is 32.2. The Labute approximate surface area is 157 Å². The minimum atomic E-state index is -2.93. The predicted molar refractivity (Wildman–Crippen MR) is 107 cm³/mol. The molecule has 4 nitrogen and oxygen atoms in total. The van der Waals surface area contributed by atoms with Crippen LogP contribution >= 0.6 is 0 Å². The quantitative estimate of drug-likeness (QED) is 0.724. The number of rotatable bonds is 8. The Morgan fingerprint density at radius 2 is 1.62 bits per heavy atom. The first-order valence-electron chi connectivity index (χ1n) is 9.21. The lowest BCUT2D eigenvalue weighted by Crippen LogP contribution is -2.49. The molecule has 1 fully saturated rings. The van der Waals surface area contributed by atoms with Crippen LogP contribution in [-0.4, -0.2) is 43.5 Å². The van der Waals surface area contributed by atoms with Crippen molar-refractivity contribution in [3.05, 3.63) is 71.8 Å². The van der Waals surface area contributed by atoms with Gasteiger partial charge in [0.25, 0.3) is 0 Å². The van der Waals surface area contributed by atoms with Crippen LogP contribution in [0.4, 0.5) is 0 Å². The Morgan fingerprint density at radius 1 is 1.00 bits per heavy atom. The molecule has 1 saturated heterocycles. The molecule has 5 heteroatoms. The van der Waals surface area contributed by atoms with Crippen molar-refractivity contribution < 1.29 is 8.42 Å². The summed E-state index contributed by atoms with van der Waals surface area (Å²) in [4.78, 5) is 2.34. The number of nitrogens with one attached hydrogen (secondary N) is 1. The van der Waals surface area contributed by atoms with Gasteiger partial charge in [0.05, 0.1) is 11.5 Å². The van der Waals surface area contributed by atoms with Crippen molar-refractivity contribution in [3.63, 3.8) is 0 Å². The summed E-state index contributed by atoms with van der Waals surface area (Å²) >= 11 is 0. The molecule has 0 amide bonds. The minimum absolute atomic E-state index is 0.255. The van der Waals surface area contributed by atoms with Gasteiger partial charge in [0.1, 0.15) is 0 Å². The Hall–Kier alpha value is -1.69. The van der Waals surface area contributed by atoms with Crippen LogP contribution in [0.5, 0.6) is 0 Å². The first kappa shape index (κ1) is 19.1. The normalized spacial score (nSPS) is 21.9. The molecule has 0 spiro atoms. The maximum atomic E-state index is 12.1. The van der Waals surface area contributed by atoms with E-state index in [2.05, 4.69) is 41.4 Å². The maximum absolute atomic E-state index is 12.1. The summed E-state index contributed by atoms with van der Waals surface area (Å²) in [5.74, 6) is 0.553. The van der Waals surface area contributed by atoms with E-state index < -0.39 is 9.84 Å². The Bertz CT molecular complexity index is 793. The van der Waals surface area contributed by atoms with Crippen LogP contribution in [-0.2, 0) is 22.9 Å². The largest absolute Gasteiger partial charge is 0.311 e. The van der Waals surface area contributed by atoms with E-state index in [0.29, 0.717) is 12.2 Å². The van der Waals surface area contributed by atoms with E-state index >= 15 is 0 Å². The molecule has 1 aliphatic heterocycles. The number of hydrogen-bond acceptors (Lipinski definition) is 4. The lowest BCUT2D eigenvalue weighted by Gasteiger charge is -2.38. The van der Waals surface area contributed by atoms with Gasteiger partial charge in [0.2, 0.25) is 0 Å². The van der Waals surface area contributed by atoms with Crippen molar-refractivity contribution in [1.29, 1.82) is 0 Å². The topological polar surface area (TPSA) is 49.4 Å². The highest BCUT2D eigenvalue weighted by Crippen LogP contribution is 2.30. The molecule has 0 aromatic heterocycles. The van der Waals surface area contributed by atoms with Crippen molar-refractivity contribution in [3.8, 4) is 0 Å². The summed E-state index contributed by atoms with van der Waals surface area (Å²) in [5.41, 5.74) is 2.20. The molecule has 0 radical (unpaired) electrons. The van der Waals surface area contributed by atoms with E-state index in [4.69, 9.17) is 0 Å². The predicted octanol–water partition coefficient (Wildman–Crippen LogP) is 2.86. The van der Waals surface area contributed by atoms with Gasteiger partial charge < -0.3 is 5.32 Å². The Morgan fingerprint density at radius 3 is 2.19 bits per heavy atom. The number of sulfone groups is 1. The van der Waals surface area contributed by atoms with E-state index in [1.54, 1.807) is 0 Å². The van der Waals surface area contributed by atoms with E-state index in [0.717, 1.165) is 26.2 Å². The Balaban J connectivity index is 1.63. The minimum Gasteiger partial charge on any atom is -0.311 e. The molecule has 1 N–H and O–H groups in total. The van der Waals surface area contributed by atoms with Gasteiger partial charge in [0.15, 0.2) is 9.84 Å². The molecule has 0 unspecified atom stereocenters. The number of hydrogen-bond donors (Lipinski definition) is 1. The molecule has 1 aliphatic rings. The van der Waals surface area contributed by atoms with Crippen molar-refractivity contribution in [2.75, 3.05) is 24.6 Å². The summed E-state index contributed by atoms with van der Waals surface area (Å²) in [7, 11) is -2.93. The third-order valence-corrected chi connectivity index (χ3v) is 7.08. The number of nitrogens with zero attached hydrogens (tertiary/aromatic N) is 1. The van der Waals surface area contributed by atoms with E-state index in [9.17, 15) is 8.42 Å². The van der Waals surface area contributed by atoms with Crippen LogP contribution in [0.3, 0.4) is 0 Å². The van der Waals surface area contributed by atoms with Gasteiger partial charge in [-0.2, -0.15) is 0 Å². The van der Waals surface area contributed by atoms with Crippen molar-refractivity contribution in [1.82, 2.24) is 10.2 Å². The van der Waals surface area contributed by atoms with Gasteiger partial charge in [0, 0.05) is 31.7 Å². The first-order chi connectivity index (χ1) is 12.5. The molecule has 2 aromatic carbocycles. The van der Waals surface area contributed by atoms with Gasteiger partial charge in [-0.3, -0.25) is 4.90 Å². The summed E-state index contributed by atoms with van der Waals surface area (Å²) in [6.07, 6.45) is 0.709. The van der Waals surface area contributed by atoms with Gasteiger partial charge >= 0.3 is 0 Å². The van der Waals surface area contributed by atoms with E-state index in [1.165, 1.54) is 11.1 Å². The van der Waals surface area contributed by atoms with Crippen LogP contribution in [0, 0.1) is 0 Å². The second-order valence-electron chi connectivity index (χ2n) is 7.41. The third-order valence-electron chi connectivity index (χ3n) is 5.19. The van der Waals surface area contributed by atoms with Crippen LogP contribution in [0.15, 0.2) is 60.7 Å². The van der Waals surface area contributed by atoms with E-state index in [1.807, 2.05) is 36.4 Å². The molecule has 3 rings (SSSR count). The lowest BCUT2D eigenvalue weighted by atomic mass is 9.98. The average Bonchev–Trinajstić information content (AvgIpc) is 2.93. The third kappa shape index (κ3) is 5.16. The zero-order chi connectivity index (χ0) is 18.5. The highest BCUT2D eigenvalue weighted by Gasteiger charge is 2.42. The van der Waals surface area contributed by atoms with Crippen molar-refractivity contribution in [2.45, 2.75) is 32.0 Å². The SMILES string of the molecule is C[C@]1(N(CCNCc2ccccc2)Cc2ccccc2)CCS(=O)(=O)C1. The van der Waals surface area contributed by atoms with Gasteiger partial charge in [-0.05, 0) is 24.5 Å². The molecule has 2 aromatic rings. The Kier molecular flexibility index (Phi) is 6.12. The fraction of sp³-hybridized carbons (Fsp3) is 0.429. The summed E-state index contributed by atoms with van der Waals surface area (Å²) in [5, 5.41) is 3.49. The standard InChI is InChI=1S/C21H28N2O2S/c1-21(12-15-26(24,25)18-21)23(17-20-10-6-3-7-11-20)14-13-22-16-19-8-4-2-5-9-19/h2-11,22H,12-18H2,1H3/t21-/m0/s1. The first-order valence-corrected chi connectivity index (χ1v) is 11.0. The molecule has 0 bridgehead atoms. The summed E-state index contributed by atoms with van der Waals surface area (Å²) in [6, 6.07) is 20.6. The van der Waals surface area contributed by atoms with Gasteiger partial charge in [-0.15, -0.1) is 0 Å². The van der Waals surface area contributed by atoms with Crippen molar-refractivity contribution in [2.24, 2.45) is 0 Å². The summed E-state index contributed by atoms with van der Waals surface area (Å²) < 4.78 is 24.2. The van der Waals surface area contributed by atoms with Crippen LogP contribution in [0.2, 0.25) is 0 Å². The average molecular weight is 373 g/mol. The zero-order valence-electron chi connectivity index (χ0n) is 15.4. The number of benzene rings is 2. The van der Waals surface area contributed by atoms with Gasteiger partial charge in [-0.25, -0.2) is 8.42 Å². The smallest absolute Gasteiger partial charge is 0.152 e. The highest BCUT2D eigenvalue weighted by molar-refractivity contribution is 7.91. The van der Waals surface area contributed by atoms with Crippen molar-refractivity contribution >= 4 is 9.84 Å². The molecule has 140 valence electrons. The molecular weight excluding hydrogens is 344 g/mol. The summed E-state index contributed by atoms with van der Waals surface area (Å²) in [6.45, 7) is 5.36. The van der Waals surface area contributed by atoms with Crippen LogP contribution in [0.1, 0.15) is 24.5 Å². The maximum Gasteiger partial charge on any atom is 0.152 e. The fourth-order valence-corrected chi connectivity index (χ4v) is 5.80. The molecule has 1 heterocycles. The fourth-order valence-electron chi connectivity index (χ4n) is 3.63. The molecule has 26 heavy (non-hydrogen) atoms. The molecular formula is C21H28N2O2S. The van der Waals surface area contributed by atoms with Crippen LogP contribution < -0.4 is 5.32 Å². The lowest BCUT2D eigenvalue weighted by molar-refractivity contribution is 0.117. The molecule has 1 atom stereocenters. The zero-order valence-corrected chi connectivity index (χ0v) is 16.2.